The van der Waals surface area contributed by atoms with Crippen molar-refractivity contribution in [3.05, 3.63) is 35.9 Å². The third kappa shape index (κ3) is 9.86. The van der Waals surface area contributed by atoms with Gasteiger partial charge in [-0.2, -0.15) is 0 Å². The second-order valence-electron chi connectivity index (χ2n) is 8.80. The fourth-order valence-electron chi connectivity index (χ4n) is 4.19. The molecule has 2 aliphatic rings. The topological polar surface area (TPSA) is 61.4 Å². The SMILES string of the molecule is CCNC(=NCCCOCC1CCOC1)NCCCN1CCN(Cc2ccccc2)CC1. The predicted molar refractivity (Wildman–Crippen MR) is 131 cm³/mol. The highest BCUT2D eigenvalue weighted by molar-refractivity contribution is 5.79. The average molecular weight is 446 g/mol. The van der Waals surface area contributed by atoms with E-state index in [9.17, 15) is 0 Å². The molecule has 0 radical (unpaired) electrons. The summed E-state index contributed by atoms with van der Waals surface area (Å²) in [4.78, 5) is 9.83. The van der Waals surface area contributed by atoms with Crippen LogP contribution in [0.5, 0.6) is 0 Å². The number of guanidine groups is 1. The molecule has 3 rings (SSSR count). The lowest BCUT2D eigenvalue weighted by Crippen LogP contribution is -2.46. The summed E-state index contributed by atoms with van der Waals surface area (Å²) < 4.78 is 11.1. The second-order valence-corrected chi connectivity index (χ2v) is 8.80. The predicted octanol–water partition coefficient (Wildman–Crippen LogP) is 2.19. The summed E-state index contributed by atoms with van der Waals surface area (Å²) >= 11 is 0. The van der Waals surface area contributed by atoms with Gasteiger partial charge in [-0.15, -0.1) is 0 Å². The van der Waals surface area contributed by atoms with Crippen molar-refractivity contribution < 1.29 is 9.47 Å². The van der Waals surface area contributed by atoms with E-state index in [1.54, 1.807) is 0 Å². The number of aliphatic imine (C=N–C) groups is 1. The summed E-state index contributed by atoms with van der Waals surface area (Å²) in [6.07, 6.45) is 3.23. The Kier molecular flexibility index (Phi) is 11.9. The van der Waals surface area contributed by atoms with Gasteiger partial charge in [0.25, 0.3) is 0 Å². The third-order valence-electron chi connectivity index (χ3n) is 6.10. The van der Waals surface area contributed by atoms with E-state index < -0.39 is 0 Å². The number of hydrogen-bond acceptors (Lipinski definition) is 5. The normalized spacial score (nSPS) is 20.5. The highest BCUT2D eigenvalue weighted by Gasteiger charge is 2.16. The van der Waals surface area contributed by atoms with E-state index in [0.717, 1.165) is 111 Å². The molecule has 0 aromatic heterocycles. The van der Waals surface area contributed by atoms with Gasteiger partial charge in [0.15, 0.2) is 5.96 Å². The van der Waals surface area contributed by atoms with Crippen molar-refractivity contribution in [2.75, 3.05) is 78.8 Å². The van der Waals surface area contributed by atoms with E-state index in [0.29, 0.717) is 5.92 Å². The van der Waals surface area contributed by atoms with E-state index in [-0.39, 0.29) is 0 Å². The molecule has 0 spiro atoms. The van der Waals surface area contributed by atoms with E-state index in [4.69, 9.17) is 9.47 Å². The molecular weight excluding hydrogens is 402 g/mol. The van der Waals surface area contributed by atoms with Gasteiger partial charge in [0.1, 0.15) is 0 Å². The molecule has 1 unspecified atom stereocenters. The van der Waals surface area contributed by atoms with Gasteiger partial charge in [0, 0.05) is 71.5 Å². The van der Waals surface area contributed by atoms with Crippen molar-refractivity contribution in [3.63, 3.8) is 0 Å². The van der Waals surface area contributed by atoms with Crippen LogP contribution in [0.1, 0.15) is 31.7 Å². The maximum absolute atomic E-state index is 5.77. The van der Waals surface area contributed by atoms with Crippen molar-refractivity contribution in [1.82, 2.24) is 20.4 Å². The second kappa shape index (κ2) is 15.2. The molecule has 2 N–H and O–H groups in total. The molecule has 180 valence electrons. The summed E-state index contributed by atoms with van der Waals surface area (Å²) in [5, 5.41) is 6.83. The maximum atomic E-state index is 5.77. The molecule has 7 heteroatoms. The molecule has 32 heavy (non-hydrogen) atoms. The van der Waals surface area contributed by atoms with Crippen LogP contribution >= 0.6 is 0 Å². The molecule has 2 fully saturated rings. The summed E-state index contributed by atoms with van der Waals surface area (Å²) in [6.45, 7) is 14.9. The summed E-state index contributed by atoms with van der Waals surface area (Å²) in [5.74, 6) is 1.51. The van der Waals surface area contributed by atoms with Crippen LogP contribution in [-0.4, -0.2) is 94.5 Å². The van der Waals surface area contributed by atoms with Crippen LogP contribution in [0.3, 0.4) is 0 Å². The van der Waals surface area contributed by atoms with Gasteiger partial charge in [0.05, 0.1) is 13.2 Å². The largest absolute Gasteiger partial charge is 0.381 e. The van der Waals surface area contributed by atoms with Gasteiger partial charge >= 0.3 is 0 Å². The zero-order chi connectivity index (χ0) is 22.3. The van der Waals surface area contributed by atoms with Crippen molar-refractivity contribution in [3.8, 4) is 0 Å². The molecule has 7 nitrogen and oxygen atoms in total. The Labute approximate surface area is 194 Å². The molecule has 0 aliphatic carbocycles. The summed E-state index contributed by atoms with van der Waals surface area (Å²) in [5.41, 5.74) is 1.41. The summed E-state index contributed by atoms with van der Waals surface area (Å²) in [6, 6.07) is 10.8. The van der Waals surface area contributed by atoms with Crippen molar-refractivity contribution >= 4 is 5.96 Å². The standard InChI is InChI=1S/C25H43N5O2/c1-2-26-25(28-12-7-18-31-21-24-10-19-32-22-24)27-11-6-13-29-14-16-30(17-15-29)20-23-8-4-3-5-9-23/h3-5,8-9,24H,2,6-7,10-22H2,1H3,(H2,26,27,28). The van der Waals surface area contributed by atoms with Crippen LogP contribution in [-0.2, 0) is 16.0 Å². The smallest absolute Gasteiger partial charge is 0.191 e. The fourth-order valence-corrected chi connectivity index (χ4v) is 4.19. The van der Waals surface area contributed by atoms with Gasteiger partial charge in [-0.25, -0.2) is 0 Å². The van der Waals surface area contributed by atoms with Crippen molar-refractivity contribution in [2.45, 2.75) is 32.7 Å². The Morgan fingerprint density at radius 2 is 1.91 bits per heavy atom. The monoisotopic (exact) mass is 445 g/mol. The van der Waals surface area contributed by atoms with E-state index >= 15 is 0 Å². The minimum Gasteiger partial charge on any atom is -0.381 e. The Hall–Kier alpha value is -1.67. The molecule has 2 aliphatic heterocycles. The molecule has 0 bridgehead atoms. The first-order chi connectivity index (χ1) is 15.8. The maximum Gasteiger partial charge on any atom is 0.191 e. The lowest BCUT2D eigenvalue weighted by molar-refractivity contribution is 0.0893. The molecule has 1 atom stereocenters. The number of nitrogens with zero attached hydrogens (tertiary/aromatic N) is 3. The van der Waals surface area contributed by atoms with Gasteiger partial charge in [-0.1, -0.05) is 30.3 Å². The number of nitrogens with one attached hydrogen (secondary N) is 2. The van der Waals surface area contributed by atoms with Gasteiger partial charge in [0.2, 0.25) is 0 Å². The van der Waals surface area contributed by atoms with Crippen molar-refractivity contribution in [1.29, 1.82) is 0 Å². The molecule has 0 amide bonds. The molecule has 1 aromatic rings. The van der Waals surface area contributed by atoms with Crippen LogP contribution in [0.4, 0.5) is 0 Å². The zero-order valence-electron chi connectivity index (χ0n) is 19.9. The number of rotatable bonds is 13. The molecule has 0 saturated carbocycles. The first kappa shape index (κ1) is 25.0. The van der Waals surface area contributed by atoms with Gasteiger partial charge in [-0.05, 0) is 38.3 Å². The minimum absolute atomic E-state index is 0.587. The molecule has 2 heterocycles. The quantitative estimate of drug-likeness (QED) is 0.276. The minimum atomic E-state index is 0.587. The number of hydrogen-bond donors (Lipinski definition) is 2. The van der Waals surface area contributed by atoms with Crippen LogP contribution in [0.25, 0.3) is 0 Å². The third-order valence-corrected chi connectivity index (χ3v) is 6.10. The van der Waals surface area contributed by atoms with Crippen molar-refractivity contribution in [2.24, 2.45) is 10.9 Å². The number of ether oxygens (including phenoxy) is 2. The lowest BCUT2D eigenvalue weighted by Gasteiger charge is -2.34. The van der Waals surface area contributed by atoms with Crippen LogP contribution < -0.4 is 10.6 Å². The van der Waals surface area contributed by atoms with Crippen LogP contribution in [0, 0.1) is 5.92 Å². The highest BCUT2D eigenvalue weighted by atomic mass is 16.5. The molecular formula is C25H43N5O2. The lowest BCUT2D eigenvalue weighted by atomic mass is 10.1. The first-order valence-corrected chi connectivity index (χ1v) is 12.5. The van der Waals surface area contributed by atoms with Crippen LogP contribution in [0.15, 0.2) is 35.3 Å². The van der Waals surface area contributed by atoms with Gasteiger partial charge < -0.3 is 25.0 Å². The average Bonchev–Trinajstić information content (AvgIpc) is 3.34. The highest BCUT2D eigenvalue weighted by Crippen LogP contribution is 2.12. The van der Waals surface area contributed by atoms with E-state index in [1.165, 1.54) is 5.56 Å². The number of benzene rings is 1. The van der Waals surface area contributed by atoms with Gasteiger partial charge in [-0.3, -0.25) is 9.89 Å². The molecule has 1 aromatic carbocycles. The Balaban J connectivity index is 1.21. The van der Waals surface area contributed by atoms with E-state index in [2.05, 4.69) is 62.7 Å². The first-order valence-electron chi connectivity index (χ1n) is 12.5. The van der Waals surface area contributed by atoms with Crippen LogP contribution in [0.2, 0.25) is 0 Å². The Morgan fingerprint density at radius 1 is 1.09 bits per heavy atom. The summed E-state index contributed by atoms with van der Waals surface area (Å²) in [7, 11) is 0. The number of piperazine rings is 1. The fraction of sp³-hybridized carbons (Fsp3) is 0.720. The Bertz CT molecular complexity index is 628. The Morgan fingerprint density at radius 3 is 2.66 bits per heavy atom. The molecule has 2 saturated heterocycles. The van der Waals surface area contributed by atoms with E-state index in [1.807, 2.05) is 0 Å². The zero-order valence-corrected chi connectivity index (χ0v) is 19.9.